The SMILES string of the molecule is O=C(NCCCn1ccc2ccccc21)NCCc1c(F)cccc1F. The molecule has 136 valence electrons. The quantitative estimate of drug-likeness (QED) is 0.620. The molecule has 26 heavy (non-hydrogen) atoms. The molecule has 0 atom stereocenters. The summed E-state index contributed by atoms with van der Waals surface area (Å²) in [6, 6.07) is 13.6. The molecule has 4 nitrogen and oxygen atoms in total. The summed E-state index contributed by atoms with van der Waals surface area (Å²) in [7, 11) is 0. The van der Waals surface area contributed by atoms with Crippen LogP contribution in [0.5, 0.6) is 0 Å². The zero-order valence-electron chi connectivity index (χ0n) is 14.3. The molecular formula is C20H21F2N3O. The van der Waals surface area contributed by atoms with Crippen LogP contribution in [-0.2, 0) is 13.0 Å². The summed E-state index contributed by atoms with van der Waals surface area (Å²) in [4.78, 5) is 11.8. The molecule has 0 saturated carbocycles. The van der Waals surface area contributed by atoms with Crippen LogP contribution in [0.3, 0.4) is 0 Å². The van der Waals surface area contributed by atoms with Crippen LogP contribution in [0.1, 0.15) is 12.0 Å². The van der Waals surface area contributed by atoms with E-state index in [1.54, 1.807) is 0 Å². The average Bonchev–Trinajstić information content (AvgIpc) is 3.04. The fraction of sp³-hybridized carbons (Fsp3) is 0.250. The minimum absolute atomic E-state index is 0.00714. The second kappa shape index (κ2) is 8.47. The van der Waals surface area contributed by atoms with E-state index in [9.17, 15) is 13.6 Å². The first-order chi connectivity index (χ1) is 12.6. The van der Waals surface area contributed by atoms with E-state index in [4.69, 9.17) is 0 Å². The zero-order chi connectivity index (χ0) is 18.4. The Morgan fingerprint density at radius 3 is 2.46 bits per heavy atom. The maximum absolute atomic E-state index is 13.5. The van der Waals surface area contributed by atoms with Crippen molar-refractivity contribution in [3.8, 4) is 0 Å². The van der Waals surface area contributed by atoms with Crippen LogP contribution in [0, 0.1) is 11.6 Å². The number of fused-ring (bicyclic) bond motifs is 1. The molecule has 1 aromatic heterocycles. The van der Waals surface area contributed by atoms with Gasteiger partial charge in [0.2, 0.25) is 0 Å². The van der Waals surface area contributed by atoms with Crippen molar-refractivity contribution in [3.05, 3.63) is 71.9 Å². The number of nitrogens with zero attached hydrogens (tertiary/aromatic N) is 1. The summed E-state index contributed by atoms with van der Waals surface area (Å²) in [5, 5.41) is 6.57. The van der Waals surface area contributed by atoms with Crippen molar-refractivity contribution < 1.29 is 13.6 Å². The fourth-order valence-corrected chi connectivity index (χ4v) is 2.92. The molecule has 0 saturated heterocycles. The Hall–Kier alpha value is -2.89. The molecule has 0 aliphatic carbocycles. The van der Waals surface area contributed by atoms with Gasteiger partial charge in [-0.2, -0.15) is 0 Å². The van der Waals surface area contributed by atoms with Crippen LogP contribution in [0.4, 0.5) is 13.6 Å². The summed E-state index contributed by atoms with van der Waals surface area (Å²) in [5.41, 5.74) is 1.16. The second-order valence-corrected chi connectivity index (χ2v) is 6.05. The van der Waals surface area contributed by atoms with E-state index in [-0.39, 0.29) is 24.6 Å². The number of benzene rings is 2. The largest absolute Gasteiger partial charge is 0.347 e. The van der Waals surface area contributed by atoms with E-state index in [2.05, 4.69) is 33.4 Å². The predicted molar refractivity (Wildman–Crippen MR) is 98.0 cm³/mol. The number of hydrogen-bond acceptors (Lipinski definition) is 1. The van der Waals surface area contributed by atoms with Gasteiger partial charge in [0.25, 0.3) is 0 Å². The van der Waals surface area contributed by atoms with E-state index < -0.39 is 11.6 Å². The lowest BCUT2D eigenvalue weighted by molar-refractivity contribution is 0.240. The number of rotatable bonds is 7. The minimum Gasteiger partial charge on any atom is -0.347 e. The average molecular weight is 357 g/mol. The lowest BCUT2D eigenvalue weighted by Crippen LogP contribution is -2.37. The third-order valence-corrected chi connectivity index (χ3v) is 4.26. The monoisotopic (exact) mass is 357 g/mol. The molecule has 3 rings (SSSR count). The van der Waals surface area contributed by atoms with Gasteiger partial charge >= 0.3 is 6.03 Å². The maximum Gasteiger partial charge on any atom is 0.314 e. The van der Waals surface area contributed by atoms with Crippen molar-refractivity contribution in [2.45, 2.75) is 19.4 Å². The molecule has 0 fully saturated rings. The number of aryl methyl sites for hydroxylation is 1. The van der Waals surface area contributed by atoms with Crippen molar-refractivity contribution in [1.29, 1.82) is 0 Å². The Morgan fingerprint density at radius 1 is 0.923 bits per heavy atom. The van der Waals surface area contributed by atoms with Gasteiger partial charge in [-0.05, 0) is 42.5 Å². The van der Waals surface area contributed by atoms with Crippen LogP contribution in [-0.4, -0.2) is 23.7 Å². The van der Waals surface area contributed by atoms with Gasteiger partial charge in [-0.15, -0.1) is 0 Å². The molecule has 0 aliphatic heterocycles. The lowest BCUT2D eigenvalue weighted by Gasteiger charge is -2.09. The Labute approximate surface area is 150 Å². The lowest BCUT2D eigenvalue weighted by atomic mass is 10.1. The number of carbonyl (C=O) groups is 1. The molecule has 0 spiro atoms. The molecule has 2 N–H and O–H groups in total. The number of aromatic nitrogens is 1. The number of nitrogens with one attached hydrogen (secondary N) is 2. The van der Waals surface area contributed by atoms with Gasteiger partial charge in [-0.1, -0.05) is 24.3 Å². The highest BCUT2D eigenvalue weighted by Gasteiger charge is 2.08. The third-order valence-electron chi connectivity index (χ3n) is 4.26. The van der Waals surface area contributed by atoms with Gasteiger partial charge in [-0.25, -0.2) is 13.6 Å². The number of urea groups is 1. The summed E-state index contributed by atoms with van der Waals surface area (Å²) in [6.07, 6.45) is 2.93. The normalized spacial score (nSPS) is 10.8. The Bertz CT molecular complexity index is 871. The molecule has 1 heterocycles. The van der Waals surface area contributed by atoms with Crippen molar-refractivity contribution in [1.82, 2.24) is 15.2 Å². The number of carbonyl (C=O) groups excluding carboxylic acids is 1. The van der Waals surface area contributed by atoms with Gasteiger partial charge < -0.3 is 15.2 Å². The van der Waals surface area contributed by atoms with Gasteiger partial charge in [0.15, 0.2) is 0 Å². The summed E-state index contributed by atoms with van der Waals surface area (Å²) >= 11 is 0. The molecule has 2 aromatic carbocycles. The number of amides is 2. The van der Waals surface area contributed by atoms with E-state index in [1.807, 2.05) is 18.3 Å². The van der Waals surface area contributed by atoms with E-state index >= 15 is 0 Å². The van der Waals surface area contributed by atoms with Crippen molar-refractivity contribution in [2.75, 3.05) is 13.1 Å². The van der Waals surface area contributed by atoms with Crippen LogP contribution in [0.15, 0.2) is 54.7 Å². The maximum atomic E-state index is 13.5. The topological polar surface area (TPSA) is 46.1 Å². The Balaban J connectivity index is 1.37. The van der Waals surface area contributed by atoms with Gasteiger partial charge in [0.05, 0.1) is 0 Å². The summed E-state index contributed by atoms with van der Waals surface area (Å²) < 4.78 is 29.1. The second-order valence-electron chi connectivity index (χ2n) is 6.05. The highest BCUT2D eigenvalue weighted by Crippen LogP contribution is 2.15. The minimum atomic E-state index is -0.592. The van der Waals surface area contributed by atoms with Gasteiger partial charge in [0, 0.05) is 36.9 Å². The van der Waals surface area contributed by atoms with Crippen LogP contribution < -0.4 is 10.6 Å². The number of halogens is 2. The first kappa shape index (κ1) is 17.9. The standard InChI is InChI=1S/C20H21F2N3O/c21-17-6-3-7-18(22)16(17)9-12-24-20(26)23-11-4-13-25-14-10-15-5-1-2-8-19(15)25/h1-3,5-8,10,14H,4,9,11-13H2,(H2,23,24,26). The van der Waals surface area contributed by atoms with E-state index in [1.165, 1.54) is 29.1 Å². The van der Waals surface area contributed by atoms with Crippen LogP contribution in [0.2, 0.25) is 0 Å². The molecule has 0 unspecified atom stereocenters. The first-order valence-corrected chi connectivity index (χ1v) is 8.63. The van der Waals surface area contributed by atoms with Crippen molar-refractivity contribution >= 4 is 16.9 Å². The van der Waals surface area contributed by atoms with E-state index in [0.29, 0.717) is 6.54 Å². The predicted octanol–water partition coefficient (Wildman–Crippen LogP) is 3.85. The highest BCUT2D eigenvalue weighted by atomic mass is 19.1. The van der Waals surface area contributed by atoms with Gasteiger partial charge in [-0.3, -0.25) is 0 Å². The molecule has 2 amide bonds. The smallest absolute Gasteiger partial charge is 0.314 e. The highest BCUT2D eigenvalue weighted by molar-refractivity contribution is 5.79. The number of hydrogen-bond donors (Lipinski definition) is 2. The summed E-state index contributed by atoms with van der Waals surface area (Å²) in [5.74, 6) is -1.18. The molecule has 0 aliphatic rings. The molecular weight excluding hydrogens is 336 g/mol. The first-order valence-electron chi connectivity index (χ1n) is 8.63. The number of para-hydroxylation sites is 1. The molecule has 0 bridgehead atoms. The molecule has 0 radical (unpaired) electrons. The Kier molecular flexibility index (Phi) is 5.84. The fourth-order valence-electron chi connectivity index (χ4n) is 2.92. The molecule has 6 heteroatoms. The van der Waals surface area contributed by atoms with Gasteiger partial charge in [0.1, 0.15) is 11.6 Å². The van der Waals surface area contributed by atoms with Crippen LogP contribution >= 0.6 is 0 Å². The zero-order valence-corrected chi connectivity index (χ0v) is 14.3. The van der Waals surface area contributed by atoms with Crippen LogP contribution in [0.25, 0.3) is 10.9 Å². The van der Waals surface area contributed by atoms with Crippen molar-refractivity contribution in [3.63, 3.8) is 0 Å². The summed E-state index contributed by atoms with van der Waals surface area (Å²) in [6.45, 7) is 1.49. The molecule has 3 aromatic rings. The van der Waals surface area contributed by atoms with E-state index in [0.717, 1.165) is 13.0 Å². The van der Waals surface area contributed by atoms with Crippen molar-refractivity contribution in [2.24, 2.45) is 0 Å². The third kappa shape index (κ3) is 4.39. The Morgan fingerprint density at radius 2 is 1.65 bits per heavy atom.